The molecule has 1 aliphatic rings. The molecule has 0 fully saturated rings. The van der Waals surface area contributed by atoms with Crippen LogP contribution in [-0.4, -0.2) is 5.71 Å². The summed E-state index contributed by atoms with van der Waals surface area (Å²) in [6, 6.07) is 1.84. The fraction of sp³-hybridized carbons (Fsp3) is 0.444. The molecule has 2 rings (SSSR count). The van der Waals surface area contributed by atoms with Gasteiger partial charge in [-0.2, -0.15) is 0 Å². The molecule has 64 valence electrons. The van der Waals surface area contributed by atoms with Gasteiger partial charge >= 0.3 is 0 Å². The van der Waals surface area contributed by atoms with Gasteiger partial charge in [0.15, 0.2) is 5.09 Å². The smallest absolute Gasteiger partial charge is 0.158 e. The van der Waals surface area contributed by atoms with Crippen LogP contribution in [0.4, 0.5) is 0 Å². The molecule has 3 heteroatoms. The van der Waals surface area contributed by atoms with Crippen LogP contribution in [0.3, 0.4) is 0 Å². The van der Waals surface area contributed by atoms with Crippen molar-refractivity contribution in [3.63, 3.8) is 0 Å². The van der Waals surface area contributed by atoms with Crippen LogP contribution in [0.25, 0.3) is 0 Å². The molecule has 1 heterocycles. The first-order valence-corrected chi connectivity index (χ1v) is 4.51. The van der Waals surface area contributed by atoms with Gasteiger partial charge in [-0.3, -0.25) is 0 Å². The maximum absolute atomic E-state index is 7.72. The molecule has 1 atom stereocenters. The first kappa shape index (κ1) is 7.92. The van der Waals surface area contributed by atoms with Crippen LogP contribution >= 0.6 is 12.6 Å². The van der Waals surface area contributed by atoms with Crippen molar-refractivity contribution >= 4 is 18.3 Å². The third-order valence-electron chi connectivity index (χ3n) is 2.21. The van der Waals surface area contributed by atoms with Gasteiger partial charge in [0, 0.05) is 17.7 Å². The van der Waals surface area contributed by atoms with Crippen molar-refractivity contribution in [2.75, 3.05) is 0 Å². The van der Waals surface area contributed by atoms with Crippen LogP contribution in [0, 0.1) is 11.3 Å². The van der Waals surface area contributed by atoms with E-state index in [9.17, 15) is 0 Å². The highest BCUT2D eigenvalue weighted by molar-refractivity contribution is 7.80. The molecular weight excluding hydrogens is 170 g/mol. The monoisotopic (exact) mass is 181 g/mol. The molecule has 2 nitrogen and oxygen atoms in total. The van der Waals surface area contributed by atoms with Gasteiger partial charge in [-0.05, 0) is 18.4 Å². The normalized spacial score (nSPS) is 22.5. The quantitative estimate of drug-likeness (QED) is 0.593. The Labute approximate surface area is 76.9 Å². The molecule has 12 heavy (non-hydrogen) atoms. The van der Waals surface area contributed by atoms with Crippen LogP contribution in [0.15, 0.2) is 15.6 Å². The Bertz CT molecular complexity index is 329. The summed E-state index contributed by atoms with van der Waals surface area (Å²) in [6.07, 6.45) is 1.80. The van der Waals surface area contributed by atoms with Crippen LogP contribution in [0.1, 0.15) is 24.7 Å². The van der Waals surface area contributed by atoms with E-state index >= 15 is 0 Å². The van der Waals surface area contributed by atoms with Crippen LogP contribution < -0.4 is 0 Å². The Morgan fingerprint density at radius 3 is 3.08 bits per heavy atom. The second-order valence-corrected chi connectivity index (χ2v) is 3.85. The summed E-state index contributed by atoms with van der Waals surface area (Å²) in [5.41, 5.74) is 1.64. The topological polar surface area (TPSA) is 37.0 Å². The molecule has 1 aromatic heterocycles. The molecule has 1 N–H and O–H groups in total. The predicted molar refractivity (Wildman–Crippen MR) is 50.3 cm³/mol. The van der Waals surface area contributed by atoms with Crippen molar-refractivity contribution < 1.29 is 4.42 Å². The van der Waals surface area contributed by atoms with Crippen LogP contribution in [0.5, 0.6) is 0 Å². The van der Waals surface area contributed by atoms with Crippen molar-refractivity contribution in [2.45, 2.75) is 24.9 Å². The lowest BCUT2D eigenvalue weighted by Gasteiger charge is -2.16. The standard InChI is InChI=1S/C9H11NOS/c1-5-2-7(10)6-4-9(12)11-8(6)3-5/h4-5,10,12H,2-3H2,1H3. The second kappa shape index (κ2) is 2.66. The first-order valence-electron chi connectivity index (χ1n) is 4.06. The van der Waals surface area contributed by atoms with Gasteiger partial charge in [0.1, 0.15) is 5.76 Å². The summed E-state index contributed by atoms with van der Waals surface area (Å²) in [6.45, 7) is 2.14. The number of hydrogen-bond acceptors (Lipinski definition) is 3. The number of fused-ring (bicyclic) bond motifs is 1. The number of furan rings is 1. The summed E-state index contributed by atoms with van der Waals surface area (Å²) in [4.78, 5) is 0. The lowest BCUT2D eigenvalue weighted by Crippen LogP contribution is -2.15. The zero-order valence-electron chi connectivity index (χ0n) is 6.92. The summed E-state index contributed by atoms with van der Waals surface area (Å²) in [5, 5.41) is 8.34. The molecule has 0 aliphatic heterocycles. The van der Waals surface area contributed by atoms with Crippen molar-refractivity contribution in [3.8, 4) is 0 Å². The van der Waals surface area contributed by atoms with Gasteiger partial charge in [-0.15, -0.1) is 12.6 Å². The van der Waals surface area contributed by atoms with Crippen molar-refractivity contribution in [2.24, 2.45) is 5.92 Å². The van der Waals surface area contributed by atoms with Crippen molar-refractivity contribution in [1.29, 1.82) is 5.41 Å². The molecule has 0 saturated heterocycles. The Morgan fingerprint density at radius 1 is 1.58 bits per heavy atom. The summed E-state index contributed by atoms with van der Waals surface area (Å²) >= 11 is 4.12. The summed E-state index contributed by atoms with van der Waals surface area (Å²) in [7, 11) is 0. The Kier molecular flexibility index (Phi) is 1.76. The number of hydrogen-bond donors (Lipinski definition) is 2. The van der Waals surface area contributed by atoms with Gasteiger partial charge < -0.3 is 9.83 Å². The molecule has 0 aromatic carbocycles. The largest absolute Gasteiger partial charge is 0.454 e. The fourth-order valence-corrected chi connectivity index (χ4v) is 1.91. The van der Waals surface area contributed by atoms with E-state index < -0.39 is 0 Å². The van der Waals surface area contributed by atoms with Crippen molar-refractivity contribution in [3.05, 3.63) is 17.4 Å². The average molecular weight is 181 g/mol. The molecule has 0 radical (unpaired) electrons. The molecule has 1 aromatic rings. The van der Waals surface area contributed by atoms with E-state index in [4.69, 9.17) is 9.83 Å². The fourth-order valence-electron chi connectivity index (χ4n) is 1.67. The average Bonchev–Trinajstić information content (AvgIpc) is 2.29. The highest BCUT2D eigenvalue weighted by Crippen LogP contribution is 2.28. The predicted octanol–water partition coefficient (Wildman–Crippen LogP) is 2.52. The van der Waals surface area contributed by atoms with Crippen LogP contribution in [0.2, 0.25) is 0 Å². The molecule has 0 bridgehead atoms. The molecule has 0 amide bonds. The summed E-state index contributed by atoms with van der Waals surface area (Å²) in [5.74, 6) is 1.47. The van der Waals surface area contributed by atoms with Gasteiger partial charge in [0.2, 0.25) is 0 Å². The third kappa shape index (κ3) is 1.18. The molecule has 1 aliphatic carbocycles. The molecule has 0 saturated carbocycles. The Morgan fingerprint density at radius 2 is 2.33 bits per heavy atom. The van der Waals surface area contributed by atoms with E-state index in [0.29, 0.717) is 16.7 Å². The minimum atomic E-state index is 0.531. The third-order valence-corrected chi connectivity index (χ3v) is 2.43. The Hall–Kier alpha value is -0.700. The maximum Gasteiger partial charge on any atom is 0.158 e. The van der Waals surface area contributed by atoms with E-state index in [1.807, 2.05) is 6.07 Å². The minimum absolute atomic E-state index is 0.531. The van der Waals surface area contributed by atoms with E-state index in [1.54, 1.807) is 0 Å². The van der Waals surface area contributed by atoms with E-state index in [1.165, 1.54) is 0 Å². The van der Waals surface area contributed by atoms with Gasteiger partial charge in [0.05, 0.1) is 0 Å². The molecule has 1 unspecified atom stereocenters. The number of nitrogens with one attached hydrogen (secondary N) is 1. The summed E-state index contributed by atoms with van der Waals surface area (Å²) < 4.78 is 5.37. The van der Waals surface area contributed by atoms with E-state index in [2.05, 4.69) is 19.6 Å². The highest BCUT2D eigenvalue weighted by atomic mass is 32.1. The minimum Gasteiger partial charge on any atom is -0.454 e. The maximum atomic E-state index is 7.72. The van der Waals surface area contributed by atoms with Crippen LogP contribution in [-0.2, 0) is 6.42 Å². The van der Waals surface area contributed by atoms with Gasteiger partial charge in [-0.25, -0.2) is 0 Å². The number of thiol groups is 1. The second-order valence-electron chi connectivity index (χ2n) is 3.41. The van der Waals surface area contributed by atoms with Gasteiger partial charge in [0.25, 0.3) is 0 Å². The lowest BCUT2D eigenvalue weighted by atomic mass is 9.88. The molecule has 0 spiro atoms. The Balaban J connectivity index is 2.46. The highest BCUT2D eigenvalue weighted by Gasteiger charge is 2.23. The zero-order valence-corrected chi connectivity index (χ0v) is 7.82. The van der Waals surface area contributed by atoms with E-state index in [-0.39, 0.29) is 0 Å². The lowest BCUT2D eigenvalue weighted by molar-refractivity contribution is 0.401. The SMILES string of the molecule is CC1CC(=N)c2cc(S)oc2C1. The van der Waals surface area contributed by atoms with E-state index in [0.717, 1.165) is 24.2 Å². The molecular formula is C9H11NOS. The van der Waals surface area contributed by atoms with Gasteiger partial charge in [-0.1, -0.05) is 6.92 Å². The number of rotatable bonds is 0. The van der Waals surface area contributed by atoms with Crippen molar-refractivity contribution in [1.82, 2.24) is 0 Å². The zero-order chi connectivity index (χ0) is 8.72. The first-order chi connectivity index (χ1) is 5.66.